The van der Waals surface area contributed by atoms with Gasteiger partial charge in [-0.05, 0) is 34.5 Å². The van der Waals surface area contributed by atoms with Gasteiger partial charge in [0.25, 0.3) is 5.91 Å². The van der Waals surface area contributed by atoms with Crippen LogP contribution in [0.4, 0.5) is 0 Å². The van der Waals surface area contributed by atoms with Crippen LogP contribution < -0.4 is 10.1 Å². The largest absolute Gasteiger partial charge is 0.486 e. The van der Waals surface area contributed by atoms with Crippen molar-refractivity contribution in [1.82, 2.24) is 15.3 Å². The maximum Gasteiger partial charge on any atom is 0.252 e. The Balaban J connectivity index is 1.31. The summed E-state index contributed by atoms with van der Waals surface area (Å²) in [6.45, 7) is 0.400. The number of benzene rings is 3. The number of aromatic nitrogens is 2. The van der Waals surface area contributed by atoms with E-state index in [1.807, 2.05) is 54.6 Å². The fourth-order valence-corrected chi connectivity index (χ4v) is 4.12. The Morgan fingerprint density at radius 2 is 1.87 bits per heavy atom. The molecule has 0 saturated carbocycles. The predicted molar refractivity (Wildman–Crippen MR) is 117 cm³/mol. The van der Waals surface area contributed by atoms with Crippen LogP contribution >= 0.6 is 11.6 Å². The molecule has 0 spiro atoms. The van der Waals surface area contributed by atoms with Crippen LogP contribution in [0.25, 0.3) is 21.9 Å². The molecule has 3 aromatic carbocycles. The van der Waals surface area contributed by atoms with Gasteiger partial charge >= 0.3 is 0 Å². The summed E-state index contributed by atoms with van der Waals surface area (Å²) in [5, 5.41) is 5.53. The molecule has 0 fully saturated rings. The summed E-state index contributed by atoms with van der Waals surface area (Å²) in [7, 11) is 0. The molecule has 1 aliphatic heterocycles. The molecule has 1 atom stereocenters. The van der Waals surface area contributed by atoms with Crippen LogP contribution in [0.3, 0.4) is 0 Å². The highest BCUT2D eigenvalue weighted by Gasteiger charge is 2.26. The fraction of sp³-hybridized carbons (Fsp3) is 0.125. The molecule has 4 aromatic rings. The van der Waals surface area contributed by atoms with Crippen LogP contribution in [-0.4, -0.2) is 28.5 Å². The van der Waals surface area contributed by atoms with Crippen LogP contribution in [-0.2, 0) is 6.42 Å². The van der Waals surface area contributed by atoms with Gasteiger partial charge in [0.1, 0.15) is 18.2 Å². The molecule has 0 aliphatic carbocycles. The molecule has 1 aliphatic rings. The Morgan fingerprint density at radius 3 is 2.73 bits per heavy atom. The lowest BCUT2D eigenvalue weighted by atomic mass is 10.0. The molecule has 5 rings (SSSR count). The molecule has 0 radical (unpaired) electrons. The maximum absolute atomic E-state index is 12.8. The Hall–Kier alpha value is -3.44. The van der Waals surface area contributed by atoms with E-state index in [1.165, 1.54) is 6.33 Å². The van der Waals surface area contributed by atoms with Gasteiger partial charge in [-0.1, -0.05) is 48.0 Å². The van der Waals surface area contributed by atoms with E-state index in [1.54, 1.807) is 12.4 Å². The molecule has 1 N–H and O–H groups in total. The predicted octanol–water partition coefficient (Wildman–Crippen LogP) is 4.68. The van der Waals surface area contributed by atoms with Crippen LogP contribution in [0.2, 0.25) is 5.02 Å². The lowest BCUT2D eigenvalue weighted by Crippen LogP contribution is -2.34. The fourth-order valence-electron chi connectivity index (χ4n) is 3.84. The van der Waals surface area contributed by atoms with Crippen molar-refractivity contribution in [2.24, 2.45) is 0 Å². The third-order valence-electron chi connectivity index (χ3n) is 5.27. The highest BCUT2D eigenvalue weighted by molar-refractivity contribution is 6.32. The van der Waals surface area contributed by atoms with Crippen molar-refractivity contribution >= 4 is 28.3 Å². The lowest BCUT2D eigenvalue weighted by Gasteiger charge is -2.13. The molecule has 0 bridgehead atoms. The number of fused-ring (bicyclic) bond motifs is 2. The number of halogens is 1. The smallest absolute Gasteiger partial charge is 0.252 e. The number of hydrogen-bond acceptors (Lipinski definition) is 4. The van der Waals surface area contributed by atoms with Gasteiger partial charge in [0.05, 0.1) is 11.6 Å². The van der Waals surface area contributed by atoms with Crippen molar-refractivity contribution in [3.63, 3.8) is 0 Å². The molecule has 2 heterocycles. The highest BCUT2D eigenvalue weighted by Crippen LogP contribution is 2.39. The molecule has 0 unspecified atom stereocenters. The van der Waals surface area contributed by atoms with E-state index >= 15 is 0 Å². The zero-order valence-electron chi connectivity index (χ0n) is 16.0. The number of carbonyl (C=O) groups is 1. The van der Waals surface area contributed by atoms with Gasteiger partial charge < -0.3 is 10.1 Å². The van der Waals surface area contributed by atoms with Crippen LogP contribution in [0, 0.1) is 0 Å². The van der Waals surface area contributed by atoms with Crippen molar-refractivity contribution in [3.05, 3.63) is 89.5 Å². The molecule has 0 saturated heterocycles. The second kappa shape index (κ2) is 7.76. The summed E-state index contributed by atoms with van der Waals surface area (Å²) >= 11 is 6.46. The van der Waals surface area contributed by atoms with Gasteiger partial charge in [0.15, 0.2) is 0 Å². The Bertz CT molecular complexity index is 1240. The summed E-state index contributed by atoms with van der Waals surface area (Å²) in [6, 6.07) is 17.5. The van der Waals surface area contributed by atoms with E-state index in [4.69, 9.17) is 16.3 Å². The summed E-state index contributed by atoms with van der Waals surface area (Å²) in [5.74, 6) is 0.571. The molecule has 1 aromatic heterocycles. The van der Waals surface area contributed by atoms with Crippen LogP contribution in [0.5, 0.6) is 5.75 Å². The SMILES string of the molecule is O=C(NC[C@@H]1Cc2cc(-c3cncnc3)cc(Cl)c2O1)c1cccc2ccccc12. The summed E-state index contributed by atoms with van der Waals surface area (Å²) in [5.41, 5.74) is 3.53. The zero-order valence-corrected chi connectivity index (χ0v) is 16.8. The molecule has 1 amide bonds. The number of amides is 1. The first-order valence-electron chi connectivity index (χ1n) is 9.69. The van der Waals surface area contributed by atoms with Crippen LogP contribution in [0.15, 0.2) is 73.3 Å². The van der Waals surface area contributed by atoms with Crippen molar-refractivity contribution in [3.8, 4) is 16.9 Å². The number of ether oxygens (including phenoxy) is 1. The maximum atomic E-state index is 12.8. The van der Waals surface area contributed by atoms with E-state index in [-0.39, 0.29) is 12.0 Å². The minimum absolute atomic E-state index is 0.112. The third kappa shape index (κ3) is 3.48. The summed E-state index contributed by atoms with van der Waals surface area (Å²) in [6.07, 6.45) is 5.51. The van der Waals surface area contributed by atoms with E-state index in [0.717, 1.165) is 27.5 Å². The second-order valence-electron chi connectivity index (χ2n) is 7.25. The normalized spacial score (nSPS) is 14.9. The van der Waals surface area contributed by atoms with E-state index in [9.17, 15) is 4.79 Å². The average molecular weight is 416 g/mol. The van der Waals surface area contributed by atoms with Crippen LogP contribution in [0.1, 0.15) is 15.9 Å². The minimum Gasteiger partial charge on any atom is -0.486 e. The van der Waals surface area contributed by atoms with Gasteiger partial charge in [0, 0.05) is 35.5 Å². The molecule has 30 heavy (non-hydrogen) atoms. The monoisotopic (exact) mass is 415 g/mol. The summed E-state index contributed by atoms with van der Waals surface area (Å²) in [4.78, 5) is 20.9. The Labute approximate surface area is 178 Å². The number of nitrogens with zero attached hydrogens (tertiary/aromatic N) is 2. The van der Waals surface area contributed by atoms with Gasteiger partial charge in [0.2, 0.25) is 0 Å². The molecule has 6 heteroatoms. The van der Waals surface area contributed by atoms with Crippen molar-refractivity contribution < 1.29 is 9.53 Å². The summed E-state index contributed by atoms with van der Waals surface area (Å²) < 4.78 is 6.02. The number of nitrogens with one attached hydrogen (secondary N) is 1. The van der Waals surface area contributed by atoms with Gasteiger partial charge in [-0.3, -0.25) is 4.79 Å². The van der Waals surface area contributed by atoms with Gasteiger partial charge in [-0.25, -0.2) is 9.97 Å². The Morgan fingerprint density at radius 1 is 1.07 bits per heavy atom. The first-order chi connectivity index (χ1) is 14.7. The van der Waals surface area contributed by atoms with E-state index < -0.39 is 0 Å². The second-order valence-corrected chi connectivity index (χ2v) is 7.66. The van der Waals surface area contributed by atoms with Crippen molar-refractivity contribution in [2.75, 3.05) is 6.54 Å². The van der Waals surface area contributed by atoms with E-state index in [0.29, 0.717) is 29.3 Å². The first-order valence-corrected chi connectivity index (χ1v) is 10.1. The molecular weight excluding hydrogens is 398 g/mol. The van der Waals surface area contributed by atoms with E-state index in [2.05, 4.69) is 15.3 Å². The highest BCUT2D eigenvalue weighted by atomic mass is 35.5. The number of hydrogen-bond donors (Lipinski definition) is 1. The quantitative estimate of drug-likeness (QED) is 0.525. The number of carbonyl (C=O) groups excluding carboxylic acids is 1. The Kier molecular flexibility index (Phi) is 4.81. The topological polar surface area (TPSA) is 64.1 Å². The van der Waals surface area contributed by atoms with Gasteiger partial charge in [-0.15, -0.1) is 0 Å². The van der Waals surface area contributed by atoms with Crippen molar-refractivity contribution in [2.45, 2.75) is 12.5 Å². The zero-order chi connectivity index (χ0) is 20.5. The average Bonchev–Trinajstić information content (AvgIpc) is 3.21. The van der Waals surface area contributed by atoms with Gasteiger partial charge in [-0.2, -0.15) is 0 Å². The molecular formula is C24H18ClN3O2. The first kappa shape index (κ1) is 18.6. The lowest BCUT2D eigenvalue weighted by molar-refractivity contribution is 0.0935. The number of rotatable bonds is 4. The third-order valence-corrected chi connectivity index (χ3v) is 5.55. The standard InChI is InChI=1S/C24H18ClN3O2/c25-22-10-16(18-11-26-14-27-12-18)8-17-9-19(30-23(17)22)13-28-24(29)21-7-3-5-15-4-1-2-6-20(15)21/h1-8,10-12,14,19H,9,13H2,(H,28,29)/t19-/m0/s1. The molecule has 148 valence electrons. The van der Waals surface area contributed by atoms with Crippen molar-refractivity contribution in [1.29, 1.82) is 0 Å². The minimum atomic E-state index is -0.168. The molecule has 5 nitrogen and oxygen atoms in total.